The number of thiophene rings is 1. The van der Waals surface area contributed by atoms with Crippen molar-refractivity contribution >= 4 is 28.1 Å². The lowest BCUT2D eigenvalue weighted by Crippen LogP contribution is -2.39. The third-order valence-corrected chi connectivity index (χ3v) is 5.31. The molecule has 1 amide bonds. The molecule has 3 nitrogen and oxygen atoms in total. The maximum absolute atomic E-state index is 13.4. The summed E-state index contributed by atoms with van der Waals surface area (Å²) < 4.78 is 13.4. The van der Waals surface area contributed by atoms with Crippen molar-refractivity contribution in [1.82, 2.24) is 10.3 Å². The van der Waals surface area contributed by atoms with Crippen LogP contribution in [0, 0.1) is 5.82 Å². The molecule has 118 valence electrons. The number of fused-ring (bicyclic) bond motifs is 3. The van der Waals surface area contributed by atoms with Gasteiger partial charge < -0.3 is 10.3 Å². The smallest absolute Gasteiger partial charge is 0.225 e. The van der Waals surface area contributed by atoms with E-state index < -0.39 is 0 Å². The molecule has 1 aromatic carbocycles. The quantitative estimate of drug-likeness (QED) is 0.758. The summed E-state index contributed by atoms with van der Waals surface area (Å²) >= 11 is 1.61. The van der Waals surface area contributed by atoms with Crippen molar-refractivity contribution in [1.29, 1.82) is 0 Å². The number of hydrogen-bond acceptors (Lipinski definition) is 2. The lowest BCUT2D eigenvalue weighted by molar-refractivity contribution is -0.121. The normalized spacial score (nSPS) is 17.2. The Hall–Kier alpha value is -2.14. The highest BCUT2D eigenvalue weighted by Crippen LogP contribution is 2.29. The highest BCUT2D eigenvalue weighted by atomic mass is 32.1. The number of carbonyl (C=O) groups is 1. The molecular weight excluding hydrogens is 311 g/mol. The zero-order chi connectivity index (χ0) is 15.8. The van der Waals surface area contributed by atoms with Crippen molar-refractivity contribution in [3.05, 3.63) is 57.7 Å². The summed E-state index contributed by atoms with van der Waals surface area (Å²) in [6.45, 7) is 0. The van der Waals surface area contributed by atoms with E-state index in [1.54, 1.807) is 11.3 Å². The van der Waals surface area contributed by atoms with Crippen LogP contribution in [-0.4, -0.2) is 16.9 Å². The molecule has 0 saturated carbocycles. The van der Waals surface area contributed by atoms with E-state index in [-0.39, 0.29) is 17.8 Å². The van der Waals surface area contributed by atoms with Gasteiger partial charge in [0, 0.05) is 27.5 Å². The van der Waals surface area contributed by atoms with Crippen molar-refractivity contribution in [3.63, 3.8) is 0 Å². The van der Waals surface area contributed by atoms with Gasteiger partial charge in [0.25, 0.3) is 0 Å². The fraction of sp³-hybridized carbons (Fsp3) is 0.278. The molecule has 1 unspecified atom stereocenters. The molecule has 0 spiro atoms. The number of hydrogen-bond donors (Lipinski definition) is 2. The standard InChI is InChI=1S/C18H17FN2OS/c19-11-3-5-14-15-9-12(4-6-16(15)21-17(14)8-11)20-18(22)10-13-2-1-7-23-13/h1-3,5,7-8,12,21H,4,6,9-10H2,(H,20,22). The number of amides is 1. The van der Waals surface area contributed by atoms with Crippen LogP contribution in [0.3, 0.4) is 0 Å². The number of benzene rings is 1. The number of nitrogens with one attached hydrogen (secondary N) is 2. The summed E-state index contributed by atoms with van der Waals surface area (Å²) in [5.74, 6) is -0.149. The first-order valence-corrected chi connectivity index (χ1v) is 8.68. The van der Waals surface area contributed by atoms with E-state index in [9.17, 15) is 9.18 Å². The molecule has 2 N–H and O–H groups in total. The van der Waals surface area contributed by atoms with E-state index >= 15 is 0 Å². The van der Waals surface area contributed by atoms with Gasteiger partial charge in [-0.25, -0.2) is 4.39 Å². The van der Waals surface area contributed by atoms with Gasteiger partial charge in [0.05, 0.1) is 6.42 Å². The highest BCUT2D eigenvalue weighted by Gasteiger charge is 2.23. The summed E-state index contributed by atoms with van der Waals surface area (Å²) in [5, 5.41) is 6.20. The molecule has 1 atom stereocenters. The SMILES string of the molecule is O=C(Cc1cccs1)NC1CCc2[nH]c3cc(F)ccc3c2C1. The van der Waals surface area contributed by atoms with Crippen molar-refractivity contribution in [2.24, 2.45) is 0 Å². The highest BCUT2D eigenvalue weighted by molar-refractivity contribution is 7.10. The van der Waals surface area contributed by atoms with Gasteiger partial charge in [-0.15, -0.1) is 11.3 Å². The number of aryl methyl sites for hydroxylation is 1. The lowest BCUT2D eigenvalue weighted by Gasteiger charge is -2.23. The first-order valence-electron chi connectivity index (χ1n) is 7.80. The van der Waals surface area contributed by atoms with Crippen LogP contribution in [-0.2, 0) is 24.1 Å². The second kappa shape index (κ2) is 5.81. The number of carbonyl (C=O) groups excluding carboxylic acids is 1. The van der Waals surface area contributed by atoms with Crippen LogP contribution in [0.25, 0.3) is 10.9 Å². The molecule has 1 aliphatic rings. The van der Waals surface area contributed by atoms with E-state index in [0.29, 0.717) is 6.42 Å². The number of halogens is 1. The number of H-pyrrole nitrogens is 1. The number of aromatic amines is 1. The third-order valence-electron chi connectivity index (χ3n) is 4.43. The molecule has 23 heavy (non-hydrogen) atoms. The number of rotatable bonds is 3. The summed E-state index contributed by atoms with van der Waals surface area (Å²) in [4.78, 5) is 16.6. The van der Waals surface area contributed by atoms with E-state index in [4.69, 9.17) is 0 Å². The molecule has 0 aliphatic heterocycles. The van der Waals surface area contributed by atoms with E-state index in [2.05, 4.69) is 10.3 Å². The second-order valence-corrected chi connectivity index (χ2v) is 7.07. The van der Waals surface area contributed by atoms with Crippen LogP contribution < -0.4 is 5.32 Å². The summed E-state index contributed by atoms with van der Waals surface area (Å²) in [6.07, 6.45) is 3.05. The van der Waals surface area contributed by atoms with Crippen molar-refractivity contribution in [3.8, 4) is 0 Å². The third kappa shape index (κ3) is 2.88. The Morgan fingerprint density at radius 3 is 3.13 bits per heavy atom. The van der Waals surface area contributed by atoms with Gasteiger partial charge in [-0.05, 0) is 54.5 Å². The largest absolute Gasteiger partial charge is 0.358 e. The summed E-state index contributed by atoms with van der Waals surface area (Å²) in [6, 6.07) is 8.96. The van der Waals surface area contributed by atoms with Gasteiger partial charge in [-0.2, -0.15) is 0 Å². The topological polar surface area (TPSA) is 44.9 Å². The van der Waals surface area contributed by atoms with E-state index in [0.717, 1.165) is 35.0 Å². The fourth-order valence-electron chi connectivity index (χ4n) is 3.37. The monoisotopic (exact) mass is 328 g/mol. The molecule has 0 radical (unpaired) electrons. The molecule has 3 aromatic rings. The van der Waals surface area contributed by atoms with Crippen molar-refractivity contribution in [2.45, 2.75) is 31.7 Å². The minimum absolute atomic E-state index is 0.0757. The summed E-state index contributed by atoms with van der Waals surface area (Å²) in [7, 11) is 0. The molecule has 1 aliphatic carbocycles. The Labute approximate surface area is 137 Å². The molecule has 5 heteroatoms. The Balaban J connectivity index is 1.50. The zero-order valence-corrected chi connectivity index (χ0v) is 13.4. The molecule has 0 bridgehead atoms. The Morgan fingerprint density at radius 2 is 2.30 bits per heavy atom. The fourth-order valence-corrected chi connectivity index (χ4v) is 4.07. The van der Waals surface area contributed by atoms with Crippen LogP contribution >= 0.6 is 11.3 Å². The predicted octanol–water partition coefficient (Wildman–Crippen LogP) is 3.58. The number of aromatic nitrogens is 1. The van der Waals surface area contributed by atoms with Gasteiger partial charge in [0.15, 0.2) is 0 Å². The first kappa shape index (κ1) is 14.5. The lowest BCUT2D eigenvalue weighted by atomic mass is 9.91. The van der Waals surface area contributed by atoms with Crippen LogP contribution in [0.2, 0.25) is 0 Å². The summed E-state index contributed by atoms with van der Waals surface area (Å²) in [5.41, 5.74) is 3.24. The van der Waals surface area contributed by atoms with E-state index in [1.165, 1.54) is 23.4 Å². The van der Waals surface area contributed by atoms with Crippen molar-refractivity contribution in [2.75, 3.05) is 0 Å². The average molecular weight is 328 g/mol. The predicted molar refractivity (Wildman–Crippen MR) is 90.2 cm³/mol. The van der Waals surface area contributed by atoms with Gasteiger partial charge in [-0.1, -0.05) is 6.07 Å². The zero-order valence-electron chi connectivity index (χ0n) is 12.6. The first-order chi connectivity index (χ1) is 11.2. The van der Waals surface area contributed by atoms with Crippen LogP contribution in [0.4, 0.5) is 4.39 Å². The molecular formula is C18H17FN2OS. The average Bonchev–Trinajstić information content (AvgIpc) is 3.13. The molecule has 2 heterocycles. The maximum atomic E-state index is 13.4. The molecule has 0 saturated heterocycles. The Morgan fingerprint density at radius 1 is 1.39 bits per heavy atom. The molecule has 2 aromatic heterocycles. The maximum Gasteiger partial charge on any atom is 0.225 e. The second-order valence-electron chi connectivity index (χ2n) is 6.04. The van der Waals surface area contributed by atoms with Gasteiger partial charge >= 0.3 is 0 Å². The van der Waals surface area contributed by atoms with Gasteiger partial charge in [0.1, 0.15) is 5.82 Å². The molecule has 0 fully saturated rings. The van der Waals surface area contributed by atoms with Gasteiger partial charge in [0.2, 0.25) is 5.91 Å². The van der Waals surface area contributed by atoms with Crippen LogP contribution in [0.15, 0.2) is 35.7 Å². The molecule has 4 rings (SSSR count). The van der Waals surface area contributed by atoms with Crippen LogP contribution in [0.1, 0.15) is 22.6 Å². The minimum atomic E-state index is -0.225. The van der Waals surface area contributed by atoms with Crippen LogP contribution in [0.5, 0.6) is 0 Å². The van der Waals surface area contributed by atoms with E-state index in [1.807, 2.05) is 23.6 Å². The van der Waals surface area contributed by atoms with Crippen molar-refractivity contribution < 1.29 is 9.18 Å². The van der Waals surface area contributed by atoms with Gasteiger partial charge in [-0.3, -0.25) is 4.79 Å². The minimum Gasteiger partial charge on any atom is -0.358 e. The Bertz CT molecular complexity index is 853. The Kier molecular flexibility index (Phi) is 3.65.